The fourth-order valence-electron chi connectivity index (χ4n) is 1.97. The Bertz CT molecular complexity index is 560. The van der Waals surface area contributed by atoms with Crippen molar-refractivity contribution in [1.29, 1.82) is 0 Å². The van der Waals surface area contributed by atoms with Crippen LogP contribution in [0.2, 0.25) is 0 Å². The second kappa shape index (κ2) is 5.28. The number of hydrogen-bond donors (Lipinski definition) is 2. The molecular weight excluding hydrogens is 342 g/mol. The molecule has 2 N–H and O–H groups in total. The van der Waals surface area contributed by atoms with Crippen molar-refractivity contribution in [2.45, 2.75) is 36.6 Å². The Morgan fingerprint density at radius 3 is 2.56 bits per heavy atom. The molecule has 0 bridgehead atoms. The van der Waals surface area contributed by atoms with Crippen LogP contribution in [0, 0.1) is 0 Å². The molecule has 18 heavy (non-hydrogen) atoms. The van der Waals surface area contributed by atoms with Gasteiger partial charge in [0, 0.05) is 6.04 Å². The molecular formula is C10H12BrNO4S2. The Labute approximate surface area is 117 Å². The lowest BCUT2D eigenvalue weighted by Crippen LogP contribution is -2.32. The van der Waals surface area contributed by atoms with Gasteiger partial charge in [0.05, 0.1) is 3.79 Å². The average molecular weight is 354 g/mol. The number of rotatable bonds is 4. The normalized spacial score (nSPS) is 17.2. The van der Waals surface area contributed by atoms with Gasteiger partial charge in [0.1, 0.15) is 9.77 Å². The van der Waals surface area contributed by atoms with E-state index < -0.39 is 16.0 Å². The highest BCUT2D eigenvalue weighted by Crippen LogP contribution is 2.32. The largest absolute Gasteiger partial charge is 0.477 e. The molecule has 1 aliphatic carbocycles. The third kappa shape index (κ3) is 2.93. The fraction of sp³-hybridized carbons (Fsp3) is 0.500. The van der Waals surface area contributed by atoms with Crippen LogP contribution in [0.5, 0.6) is 0 Å². The second-order valence-corrected chi connectivity index (χ2v) is 8.21. The van der Waals surface area contributed by atoms with Gasteiger partial charge in [0.25, 0.3) is 0 Å². The van der Waals surface area contributed by atoms with Crippen LogP contribution in [0.1, 0.15) is 35.4 Å². The van der Waals surface area contributed by atoms with Crippen LogP contribution in [0.25, 0.3) is 0 Å². The van der Waals surface area contributed by atoms with E-state index in [1.807, 2.05) is 0 Å². The van der Waals surface area contributed by atoms with Crippen molar-refractivity contribution in [3.8, 4) is 0 Å². The predicted molar refractivity (Wildman–Crippen MR) is 71.6 cm³/mol. The molecule has 0 aromatic carbocycles. The summed E-state index contributed by atoms with van der Waals surface area (Å²) in [7, 11) is -3.64. The molecule has 1 heterocycles. The lowest BCUT2D eigenvalue weighted by Gasteiger charge is -2.11. The van der Waals surface area contributed by atoms with Gasteiger partial charge in [-0.3, -0.25) is 0 Å². The highest BCUT2D eigenvalue weighted by atomic mass is 79.9. The molecule has 2 rings (SSSR count). The molecule has 1 saturated carbocycles. The van der Waals surface area contributed by atoms with E-state index in [4.69, 9.17) is 5.11 Å². The van der Waals surface area contributed by atoms with Crippen LogP contribution in [-0.2, 0) is 10.0 Å². The first-order valence-corrected chi connectivity index (χ1v) is 8.54. The SMILES string of the molecule is O=C(O)c1cc(S(=O)(=O)NC2CCCC2)c(Br)s1. The second-order valence-electron chi connectivity index (χ2n) is 4.16. The minimum absolute atomic E-state index is 0.00803. The van der Waals surface area contributed by atoms with E-state index in [0.717, 1.165) is 37.0 Å². The van der Waals surface area contributed by atoms with Crippen LogP contribution in [0.15, 0.2) is 14.7 Å². The van der Waals surface area contributed by atoms with Gasteiger partial charge in [0.15, 0.2) is 0 Å². The third-order valence-electron chi connectivity index (χ3n) is 2.83. The van der Waals surface area contributed by atoms with Crippen molar-refractivity contribution in [2.75, 3.05) is 0 Å². The van der Waals surface area contributed by atoms with Crippen LogP contribution in [0.3, 0.4) is 0 Å². The Kier molecular flexibility index (Phi) is 4.10. The highest BCUT2D eigenvalue weighted by molar-refractivity contribution is 9.11. The molecule has 5 nitrogen and oxygen atoms in total. The molecule has 1 aromatic heterocycles. The lowest BCUT2D eigenvalue weighted by molar-refractivity contribution is 0.0702. The van der Waals surface area contributed by atoms with Gasteiger partial charge < -0.3 is 5.11 Å². The molecule has 0 spiro atoms. The zero-order valence-corrected chi connectivity index (χ0v) is 12.6. The van der Waals surface area contributed by atoms with Crippen LogP contribution < -0.4 is 4.72 Å². The topological polar surface area (TPSA) is 83.5 Å². The van der Waals surface area contributed by atoms with E-state index >= 15 is 0 Å². The molecule has 0 radical (unpaired) electrons. The molecule has 0 aliphatic heterocycles. The quantitative estimate of drug-likeness (QED) is 0.870. The number of thiophene rings is 1. The zero-order chi connectivity index (χ0) is 13.3. The van der Waals surface area contributed by atoms with E-state index in [1.165, 1.54) is 6.07 Å². The Hall–Kier alpha value is -0.440. The van der Waals surface area contributed by atoms with Gasteiger partial charge >= 0.3 is 5.97 Å². The molecule has 1 aliphatic rings. The van der Waals surface area contributed by atoms with Crippen molar-refractivity contribution >= 4 is 43.3 Å². The molecule has 0 saturated heterocycles. The van der Waals surface area contributed by atoms with Crippen molar-refractivity contribution in [3.05, 3.63) is 14.7 Å². The molecule has 0 unspecified atom stereocenters. The maximum atomic E-state index is 12.1. The maximum absolute atomic E-state index is 12.1. The van der Waals surface area contributed by atoms with Gasteiger partial charge in [0.2, 0.25) is 10.0 Å². The molecule has 1 fully saturated rings. The van der Waals surface area contributed by atoms with Crippen LogP contribution in [-0.4, -0.2) is 25.5 Å². The third-order valence-corrected chi connectivity index (χ3v) is 6.59. The van der Waals surface area contributed by atoms with Gasteiger partial charge in [-0.1, -0.05) is 12.8 Å². The summed E-state index contributed by atoms with van der Waals surface area (Å²) in [5, 5.41) is 8.85. The monoisotopic (exact) mass is 353 g/mol. The fourth-order valence-corrected chi connectivity index (χ4v) is 5.68. The summed E-state index contributed by atoms with van der Waals surface area (Å²) in [6.07, 6.45) is 3.73. The standard InChI is InChI=1S/C10H12BrNO4S2/c11-9-8(5-7(17-9)10(13)14)18(15,16)12-6-3-1-2-4-6/h5-6,12H,1-4H2,(H,13,14). The summed E-state index contributed by atoms with van der Waals surface area (Å²) in [4.78, 5) is 10.8. The van der Waals surface area contributed by atoms with E-state index in [-0.39, 0.29) is 15.8 Å². The minimum Gasteiger partial charge on any atom is -0.477 e. The number of halogens is 1. The van der Waals surface area contributed by atoms with E-state index in [0.29, 0.717) is 3.79 Å². The Balaban J connectivity index is 2.26. The maximum Gasteiger partial charge on any atom is 0.345 e. The lowest BCUT2D eigenvalue weighted by atomic mass is 10.3. The highest BCUT2D eigenvalue weighted by Gasteiger charge is 2.27. The number of carboxylic acid groups (broad SMARTS) is 1. The van der Waals surface area contributed by atoms with E-state index in [9.17, 15) is 13.2 Å². The Morgan fingerprint density at radius 1 is 1.44 bits per heavy atom. The first-order chi connectivity index (χ1) is 8.40. The van der Waals surface area contributed by atoms with Gasteiger partial charge in [-0.05, 0) is 34.8 Å². The smallest absolute Gasteiger partial charge is 0.345 e. The summed E-state index contributed by atoms with van der Waals surface area (Å²) in [5.41, 5.74) is 0. The number of hydrogen-bond acceptors (Lipinski definition) is 4. The average Bonchev–Trinajstić information content (AvgIpc) is 2.86. The summed E-state index contributed by atoms with van der Waals surface area (Å²) in [6.45, 7) is 0. The summed E-state index contributed by atoms with van der Waals surface area (Å²) >= 11 is 4.01. The first kappa shape index (κ1) is 14.0. The molecule has 100 valence electrons. The first-order valence-electron chi connectivity index (χ1n) is 5.45. The van der Waals surface area contributed by atoms with Crippen LogP contribution in [0.4, 0.5) is 0 Å². The van der Waals surface area contributed by atoms with Crippen molar-refractivity contribution < 1.29 is 18.3 Å². The number of aromatic carboxylic acids is 1. The molecule has 1 aromatic rings. The predicted octanol–water partition coefficient (Wildman–Crippen LogP) is 2.43. The number of carboxylic acids is 1. The van der Waals surface area contributed by atoms with E-state index in [2.05, 4.69) is 20.7 Å². The van der Waals surface area contributed by atoms with Gasteiger partial charge in [-0.2, -0.15) is 0 Å². The van der Waals surface area contributed by atoms with Crippen LogP contribution >= 0.6 is 27.3 Å². The van der Waals surface area contributed by atoms with E-state index in [1.54, 1.807) is 0 Å². The van der Waals surface area contributed by atoms with Gasteiger partial charge in [-0.25, -0.2) is 17.9 Å². The summed E-state index contributed by atoms with van der Waals surface area (Å²) in [5.74, 6) is -1.12. The summed E-state index contributed by atoms with van der Waals surface area (Å²) < 4.78 is 27.2. The zero-order valence-electron chi connectivity index (χ0n) is 9.35. The van der Waals surface area contributed by atoms with Crippen molar-refractivity contribution in [3.63, 3.8) is 0 Å². The van der Waals surface area contributed by atoms with Crippen molar-refractivity contribution in [1.82, 2.24) is 4.72 Å². The molecule has 0 atom stereocenters. The number of nitrogens with one attached hydrogen (secondary N) is 1. The van der Waals surface area contributed by atoms with Gasteiger partial charge in [-0.15, -0.1) is 11.3 Å². The number of sulfonamides is 1. The number of carbonyl (C=O) groups is 1. The summed E-state index contributed by atoms with van der Waals surface area (Å²) in [6, 6.07) is 1.16. The molecule has 8 heteroatoms. The van der Waals surface area contributed by atoms with Crippen molar-refractivity contribution in [2.24, 2.45) is 0 Å². The minimum atomic E-state index is -3.64. The Morgan fingerprint density at radius 2 is 2.06 bits per heavy atom. The molecule has 0 amide bonds.